The molecule has 0 aromatic carbocycles. The quantitative estimate of drug-likeness (QED) is 0.906. The molecule has 0 unspecified atom stereocenters. The molecule has 7 heteroatoms. The molecule has 3 rings (SSSR count). The summed E-state index contributed by atoms with van der Waals surface area (Å²) in [5, 5.41) is 17.3. The zero-order chi connectivity index (χ0) is 14.8. The van der Waals surface area contributed by atoms with Gasteiger partial charge in [-0.25, -0.2) is 0 Å². The molecule has 0 saturated carbocycles. The van der Waals surface area contributed by atoms with Crippen LogP contribution in [0.25, 0.3) is 0 Å². The Morgan fingerprint density at radius 1 is 1.38 bits per heavy atom. The molecule has 1 aliphatic carbocycles. The Kier molecular flexibility index (Phi) is 3.74. The fourth-order valence-corrected chi connectivity index (χ4v) is 3.66. The molecule has 2 heterocycles. The first-order valence-corrected chi connectivity index (χ1v) is 7.66. The third-order valence-electron chi connectivity index (χ3n) is 3.49. The van der Waals surface area contributed by atoms with E-state index in [1.54, 1.807) is 11.3 Å². The zero-order valence-electron chi connectivity index (χ0n) is 11.3. The average Bonchev–Trinajstić information content (AvgIpc) is 3.04. The van der Waals surface area contributed by atoms with Crippen LogP contribution in [0.2, 0.25) is 0 Å². The van der Waals surface area contributed by atoms with Crippen LogP contribution in [0.4, 0.5) is 5.69 Å². The number of hydrogen-bond acceptors (Lipinski definition) is 4. The molecule has 2 N–H and O–H groups in total. The van der Waals surface area contributed by atoms with Crippen LogP contribution in [-0.2, 0) is 24.2 Å². The second-order valence-electron chi connectivity index (χ2n) is 5.03. The maximum atomic E-state index is 12.3. The average molecular weight is 305 g/mol. The highest BCUT2D eigenvalue weighted by atomic mass is 32.1. The first-order valence-electron chi connectivity index (χ1n) is 6.78. The molecule has 0 bridgehead atoms. The number of aryl methyl sites for hydroxylation is 1. The number of anilines is 1. The molecule has 2 aromatic heterocycles. The second-order valence-corrected chi connectivity index (χ2v) is 6.00. The van der Waals surface area contributed by atoms with Gasteiger partial charge in [-0.05, 0) is 31.2 Å². The minimum atomic E-state index is -0.970. The van der Waals surface area contributed by atoms with Crippen molar-refractivity contribution in [2.24, 2.45) is 0 Å². The predicted octanol–water partition coefficient (Wildman–Crippen LogP) is 2.16. The summed E-state index contributed by atoms with van der Waals surface area (Å²) < 4.78 is 1.28. The van der Waals surface area contributed by atoms with Crippen LogP contribution < -0.4 is 5.32 Å². The Balaban J connectivity index is 1.73. The van der Waals surface area contributed by atoms with E-state index in [0.717, 1.165) is 24.8 Å². The van der Waals surface area contributed by atoms with E-state index in [9.17, 15) is 9.59 Å². The van der Waals surface area contributed by atoms with E-state index in [1.165, 1.54) is 33.9 Å². The number of nitrogens with zero attached hydrogens (tertiary/aromatic N) is 2. The number of carboxylic acid groups (broad SMARTS) is 1. The number of amides is 1. The van der Waals surface area contributed by atoms with Gasteiger partial charge in [0.1, 0.15) is 6.54 Å². The molecule has 0 aliphatic heterocycles. The minimum Gasteiger partial charge on any atom is -0.480 e. The summed E-state index contributed by atoms with van der Waals surface area (Å²) in [4.78, 5) is 24.2. The molecule has 2 aromatic rings. The number of aliphatic carboxylic acids is 1. The molecular weight excluding hydrogens is 290 g/mol. The van der Waals surface area contributed by atoms with Gasteiger partial charge in [-0.3, -0.25) is 14.3 Å². The van der Waals surface area contributed by atoms with Gasteiger partial charge in [0.25, 0.3) is 5.91 Å². The maximum absolute atomic E-state index is 12.3. The number of aromatic nitrogens is 2. The van der Waals surface area contributed by atoms with Crippen LogP contribution in [0.5, 0.6) is 0 Å². The lowest BCUT2D eigenvalue weighted by Crippen LogP contribution is -2.14. The van der Waals surface area contributed by atoms with Crippen molar-refractivity contribution in [1.29, 1.82) is 0 Å². The van der Waals surface area contributed by atoms with E-state index in [1.807, 2.05) is 5.38 Å². The zero-order valence-corrected chi connectivity index (χ0v) is 12.2. The lowest BCUT2D eigenvalue weighted by Gasteiger charge is -2.12. The van der Waals surface area contributed by atoms with Crippen LogP contribution in [0, 0.1) is 0 Å². The molecule has 0 fully saturated rings. The number of nitrogens with one attached hydrogen (secondary N) is 1. The van der Waals surface area contributed by atoms with Crippen molar-refractivity contribution in [1.82, 2.24) is 9.78 Å². The highest BCUT2D eigenvalue weighted by Gasteiger charge is 2.20. The molecule has 1 amide bonds. The number of thiophene rings is 1. The summed E-state index contributed by atoms with van der Waals surface area (Å²) in [6.07, 6.45) is 7.31. The lowest BCUT2D eigenvalue weighted by atomic mass is 9.95. The molecule has 21 heavy (non-hydrogen) atoms. The summed E-state index contributed by atoms with van der Waals surface area (Å²) >= 11 is 1.65. The van der Waals surface area contributed by atoms with Gasteiger partial charge < -0.3 is 10.4 Å². The SMILES string of the molecule is O=C(O)Cn1cc(NC(=O)c2csc3c2CCCC3)cn1. The van der Waals surface area contributed by atoms with Gasteiger partial charge in [-0.1, -0.05) is 0 Å². The fraction of sp³-hybridized carbons (Fsp3) is 0.357. The van der Waals surface area contributed by atoms with Gasteiger partial charge >= 0.3 is 5.97 Å². The molecule has 6 nitrogen and oxygen atoms in total. The molecule has 0 saturated heterocycles. The van der Waals surface area contributed by atoms with Gasteiger partial charge in [0, 0.05) is 16.5 Å². The van der Waals surface area contributed by atoms with E-state index in [4.69, 9.17) is 5.11 Å². The van der Waals surface area contributed by atoms with Crippen LogP contribution >= 0.6 is 11.3 Å². The Bertz CT molecular complexity index is 689. The van der Waals surface area contributed by atoms with Crippen molar-refractivity contribution in [3.05, 3.63) is 33.8 Å². The number of fused-ring (bicyclic) bond motifs is 1. The molecular formula is C14H15N3O3S. The summed E-state index contributed by atoms with van der Waals surface area (Å²) in [5.74, 6) is -1.12. The third-order valence-corrected chi connectivity index (χ3v) is 4.58. The first kappa shape index (κ1) is 13.8. The second kappa shape index (κ2) is 5.69. The summed E-state index contributed by atoms with van der Waals surface area (Å²) in [5.41, 5.74) is 2.42. The summed E-state index contributed by atoms with van der Waals surface area (Å²) in [7, 11) is 0. The van der Waals surface area contributed by atoms with Gasteiger partial charge in [-0.2, -0.15) is 5.10 Å². The van der Waals surface area contributed by atoms with E-state index >= 15 is 0 Å². The number of hydrogen-bond donors (Lipinski definition) is 2. The van der Waals surface area contributed by atoms with E-state index in [2.05, 4.69) is 10.4 Å². The maximum Gasteiger partial charge on any atom is 0.325 e. The van der Waals surface area contributed by atoms with E-state index in [-0.39, 0.29) is 12.5 Å². The molecule has 0 radical (unpaired) electrons. The Morgan fingerprint density at radius 3 is 3.00 bits per heavy atom. The van der Waals surface area contributed by atoms with Crippen molar-refractivity contribution in [2.75, 3.05) is 5.32 Å². The largest absolute Gasteiger partial charge is 0.480 e. The summed E-state index contributed by atoms with van der Waals surface area (Å²) in [6.45, 7) is -0.219. The van der Waals surface area contributed by atoms with Crippen LogP contribution in [0.15, 0.2) is 17.8 Å². The van der Waals surface area contributed by atoms with Crippen LogP contribution in [0.3, 0.4) is 0 Å². The van der Waals surface area contributed by atoms with Crippen molar-refractivity contribution in [3.63, 3.8) is 0 Å². The van der Waals surface area contributed by atoms with Crippen molar-refractivity contribution in [3.8, 4) is 0 Å². The van der Waals surface area contributed by atoms with Gasteiger partial charge in [0.05, 0.1) is 17.4 Å². The van der Waals surface area contributed by atoms with Gasteiger partial charge in [0.2, 0.25) is 0 Å². The standard InChI is InChI=1S/C14H15N3O3S/c18-13(19)7-17-6-9(5-15-17)16-14(20)11-8-21-12-4-2-1-3-10(11)12/h5-6,8H,1-4,7H2,(H,16,20)(H,18,19). The molecule has 1 aliphatic rings. The molecule has 0 spiro atoms. The van der Waals surface area contributed by atoms with Crippen LogP contribution in [0.1, 0.15) is 33.6 Å². The monoisotopic (exact) mass is 305 g/mol. The topological polar surface area (TPSA) is 84.2 Å². The number of carbonyl (C=O) groups excluding carboxylic acids is 1. The van der Waals surface area contributed by atoms with Crippen molar-refractivity contribution >= 4 is 28.9 Å². The minimum absolute atomic E-state index is 0.149. The Hall–Kier alpha value is -2.15. The van der Waals surface area contributed by atoms with E-state index < -0.39 is 5.97 Å². The van der Waals surface area contributed by atoms with Crippen molar-refractivity contribution < 1.29 is 14.7 Å². The summed E-state index contributed by atoms with van der Waals surface area (Å²) in [6, 6.07) is 0. The smallest absolute Gasteiger partial charge is 0.325 e. The third kappa shape index (κ3) is 2.97. The van der Waals surface area contributed by atoms with Gasteiger partial charge in [-0.15, -0.1) is 11.3 Å². The highest BCUT2D eigenvalue weighted by Crippen LogP contribution is 2.30. The fourth-order valence-electron chi connectivity index (χ4n) is 2.54. The lowest BCUT2D eigenvalue weighted by molar-refractivity contribution is -0.137. The first-order chi connectivity index (χ1) is 10.1. The number of carboxylic acids is 1. The van der Waals surface area contributed by atoms with Crippen LogP contribution in [-0.4, -0.2) is 26.8 Å². The highest BCUT2D eigenvalue weighted by molar-refractivity contribution is 7.10. The Morgan fingerprint density at radius 2 is 2.19 bits per heavy atom. The molecule has 0 atom stereocenters. The number of carbonyl (C=O) groups is 2. The number of rotatable bonds is 4. The normalized spacial score (nSPS) is 13.7. The van der Waals surface area contributed by atoms with E-state index in [0.29, 0.717) is 5.69 Å². The predicted molar refractivity (Wildman–Crippen MR) is 78.8 cm³/mol. The molecule has 110 valence electrons. The Labute approximate surface area is 125 Å². The van der Waals surface area contributed by atoms with Crippen molar-refractivity contribution in [2.45, 2.75) is 32.2 Å². The van der Waals surface area contributed by atoms with Gasteiger partial charge in [0.15, 0.2) is 0 Å².